The number of nitrogens with one attached hydrogen (secondary N) is 1. The lowest BCUT2D eigenvalue weighted by Crippen LogP contribution is -2.52. The van der Waals surface area contributed by atoms with Crippen molar-refractivity contribution in [3.63, 3.8) is 0 Å². The van der Waals surface area contributed by atoms with Crippen molar-refractivity contribution in [1.29, 1.82) is 0 Å². The van der Waals surface area contributed by atoms with Gasteiger partial charge in [0.05, 0.1) is 18.6 Å². The van der Waals surface area contributed by atoms with Crippen molar-refractivity contribution in [2.75, 3.05) is 25.0 Å². The van der Waals surface area contributed by atoms with Gasteiger partial charge in [-0.15, -0.1) is 10.2 Å². The molecule has 4 rings (SSSR count). The topological polar surface area (TPSA) is 80.2 Å². The van der Waals surface area contributed by atoms with Gasteiger partial charge in [-0.2, -0.15) is 0 Å². The molecule has 9 heteroatoms. The molecule has 1 aliphatic carbocycles. The molecule has 2 fully saturated rings. The predicted molar refractivity (Wildman–Crippen MR) is 106 cm³/mol. The maximum Gasteiger partial charge on any atom is 0.257 e. The Morgan fingerprint density at radius 1 is 1.27 bits per heavy atom. The van der Waals surface area contributed by atoms with Crippen LogP contribution in [0.2, 0.25) is 0 Å². The van der Waals surface area contributed by atoms with Crippen LogP contribution >= 0.6 is 0 Å². The quantitative estimate of drug-likeness (QED) is 0.746. The summed E-state index contributed by atoms with van der Waals surface area (Å²) in [5.41, 5.74) is 0.528. The maximum atomic E-state index is 14.5. The lowest BCUT2D eigenvalue weighted by Gasteiger charge is -2.40. The molecule has 1 saturated heterocycles. The lowest BCUT2D eigenvalue weighted by atomic mass is 9.87. The molecular weight excluding hydrogens is 392 g/mol. The molecule has 1 unspecified atom stereocenters. The maximum absolute atomic E-state index is 14.5. The molecule has 1 saturated carbocycles. The molecule has 0 aromatic carbocycles. The number of alkyl halides is 2. The van der Waals surface area contributed by atoms with Gasteiger partial charge >= 0.3 is 0 Å². The molecule has 0 spiro atoms. The number of piperidine rings is 1. The third kappa shape index (κ3) is 4.89. The highest BCUT2D eigenvalue weighted by molar-refractivity contribution is 5.93. The Labute approximate surface area is 173 Å². The van der Waals surface area contributed by atoms with E-state index in [1.54, 1.807) is 36.1 Å². The van der Waals surface area contributed by atoms with Gasteiger partial charge in [0.2, 0.25) is 11.8 Å². The Bertz CT molecular complexity index is 861. The first-order valence-corrected chi connectivity index (χ1v) is 10.2. The lowest BCUT2D eigenvalue weighted by molar-refractivity contribution is -0.125. The third-order valence-electron chi connectivity index (χ3n) is 5.75. The minimum absolute atomic E-state index is 0.0885. The second-order valence-electron chi connectivity index (χ2n) is 8.02. The van der Waals surface area contributed by atoms with E-state index in [0.717, 1.165) is 0 Å². The van der Waals surface area contributed by atoms with Crippen LogP contribution in [0.5, 0.6) is 5.88 Å². The van der Waals surface area contributed by atoms with E-state index < -0.39 is 17.9 Å². The molecule has 3 heterocycles. The molecule has 2 aromatic rings. The highest BCUT2D eigenvalue weighted by Crippen LogP contribution is 2.40. The second kappa shape index (κ2) is 8.59. The molecule has 1 aliphatic heterocycles. The SMILES string of the molecule is C[C@@H](C(=O)Nc1ccc(OCC2CC2)nn1)N1CCC(F)(F)C(c2ccncc2)C1. The van der Waals surface area contributed by atoms with Gasteiger partial charge in [-0.1, -0.05) is 0 Å². The molecule has 1 amide bonds. The standard InChI is InChI=1S/C21H25F2N5O2/c1-14(20(29)25-18-4-5-19(27-26-18)30-13-15-2-3-15)28-11-8-21(22,23)17(12-28)16-6-9-24-10-7-16/h4-7,9-10,14-15,17H,2-3,8,11-13H2,1H3,(H,25,26,29)/t14-,17?/m0/s1. The van der Waals surface area contributed by atoms with Crippen molar-refractivity contribution in [2.45, 2.75) is 44.1 Å². The summed E-state index contributed by atoms with van der Waals surface area (Å²) in [5.74, 6) is -2.78. The summed E-state index contributed by atoms with van der Waals surface area (Å²) >= 11 is 0. The average molecular weight is 417 g/mol. The van der Waals surface area contributed by atoms with Gasteiger partial charge < -0.3 is 10.1 Å². The number of likely N-dealkylation sites (tertiary alicyclic amines) is 1. The Kier molecular flexibility index (Phi) is 5.90. The summed E-state index contributed by atoms with van der Waals surface area (Å²) in [6.07, 6.45) is 5.09. The number of carbonyl (C=O) groups is 1. The van der Waals surface area contributed by atoms with Crippen LogP contribution in [0.15, 0.2) is 36.7 Å². The van der Waals surface area contributed by atoms with E-state index >= 15 is 0 Å². The van der Waals surface area contributed by atoms with Crippen LogP contribution in [0.4, 0.5) is 14.6 Å². The number of amides is 1. The summed E-state index contributed by atoms with van der Waals surface area (Å²) in [7, 11) is 0. The largest absolute Gasteiger partial charge is 0.476 e. The van der Waals surface area contributed by atoms with Gasteiger partial charge in [-0.25, -0.2) is 8.78 Å². The molecule has 1 N–H and O–H groups in total. The first kappa shape index (κ1) is 20.6. The van der Waals surface area contributed by atoms with Crippen LogP contribution in [0.3, 0.4) is 0 Å². The minimum atomic E-state index is -2.82. The molecule has 30 heavy (non-hydrogen) atoms. The van der Waals surface area contributed by atoms with Crippen LogP contribution in [0.25, 0.3) is 0 Å². The number of halogens is 2. The smallest absolute Gasteiger partial charge is 0.257 e. The summed E-state index contributed by atoms with van der Waals surface area (Å²) < 4.78 is 34.6. The van der Waals surface area contributed by atoms with Crippen LogP contribution in [0.1, 0.15) is 37.7 Å². The number of anilines is 1. The molecular formula is C21H25F2N5O2. The molecule has 2 aromatic heterocycles. The zero-order chi connectivity index (χ0) is 21.1. The van der Waals surface area contributed by atoms with Crippen molar-refractivity contribution >= 4 is 11.7 Å². The fraction of sp³-hybridized carbons (Fsp3) is 0.524. The Morgan fingerprint density at radius 3 is 2.70 bits per heavy atom. The molecule has 160 valence electrons. The number of ether oxygens (including phenoxy) is 1. The third-order valence-corrected chi connectivity index (χ3v) is 5.75. The summed E-state index contributed by atoms with van der Waals surface area (Å²) in [4.78, 5) is 18.4. The Morgan fingerprint density at radius 2 is 2.03 bits per heavy atom. The van der Waals surface area contributed by atoms with Crippen LogP contribution in [-0.4, -0.2) is 57.6 Å². The van der Waals surface area contributed by atoms with Crippen LogP contribution in [0, 0.1) is 5.92 Å². The Balaban J connectivity index is 1.36. The number of carbonyl (C=O) groups excluding carboxylic acids is 1. The number of nitrogens with zero attached hydrogens (tertiary/aromatic N) is 4. The molecule has 0 radical (unpaired) electrons. The number of aromatic nitrogens is 3. The van der Waals surface area contributed by atoms with Gasteiger partial charge in [0.1, 0.15) is 0 Å². The van der Waals surface area contributed by atoms with E-state index in [9.17, 15) is 13.6 Å². The van der Waals surface area contributed by atoms with Crippen molar-refractivity contribution in [2.24, 2.45) is 5.92 Å². The van der Waals surface area contributed by atoms with Crippen molar-refractivity contribution in [1.82, 2.24) is 20.1 Å². The highest BCUT2D eigenvalue weighted by Gasteiger charge is 2.46. The van der Waals surface area contributed by atoms with E-state index in [4.69, 9.17) is 4.74 Å². The molecule has 7 nitrogen and oxygen atoms in total. The van der Waals surface area contributed by atoms with E-state index in [2.05, 4.69) is 20.5 Å². The van der Waals surface area contributed by atoms with Gasteiger partial charge in [0, 0.05) is 38.0 Å². The fourth-order valence-corrected chi connectivity index (χ4v) is 3.57. The number of hydrogen-bond acceptors (Lipinski definition) is 6. The number of pyridine rings is 1. The minimum Gasteiger partial charge on any atom is -0.476 e. The first-order chi connectivity index (χ1) is 14.4. The van der Waals surface area contributed by atoms with Crippen molar-refractivity contribution in [3.8, 4) is 5.88 Å². The van der Waals surface area contributed by atoms with Gasteiger partial charge in [-0.3, -0.25) is 14.7 Å². The predicted octanol–water partition coefficient (Wildman–Crippen LogP) is 3.11. The van der Waals surface area contributed by atoms with E-state index in [1.807, 2.05) is 0 Å². The molecule has 2 atom stereocenters. The molecule has 2 aliphatic rings. The fourth-order valence-electron chi connectivity index (χ4n) is 3.57. The average Bonchev–Trinajstić information content (AvgIpc) is 3.58. The van der Waals surface area contributed by atoms with Crippen LogP contribution < -0.4 is 10.1 Å². The van der Waals surface area contributed by atoms with E-state index in [0.29, 0.717) is 29.8 Å². The normalized spacial score (nSPS) is 22.3. The van der Waals surface area contributed by atoms with Crippen LogP contribution in [-0.2, 0) is 4.79 Å². The molecule has 0 bridgehead atoms. The van der Waals surface area contributed by atoms with E-state index in [1.165, 1.54) is 25.2 Å². The Hall–Kier alpha value is -2.68. The summed E-state index contributed by atoms with van der Waals surface area (Å²) in [6, 6.07) is 5.92. The summed E-state index contributed by atoms with van der Waals surface area (Å²) in [5, 5.41) is 10.7. The van der Waals surface area contributed by atoms with Crippen molar-refractivity contribution < 1.29 is 18.3 Å². The zero-order valence-electron chi connectivity index (χ0n) is 16.8. The van der Waals surface area contributed by atoms with E-state index in [-0.39, 0.29) is 25.4 Å². The second-order valence-corrected chi connectivity index (χ2v) is 8.02. The highest BCUT2D eigenvalue weighted by atomic mass is 19.3. The zero-order valence-corrected chi connectivity index (χ0v) is 16.8. The monoisotopic (exact) mass is 417 g/mol. The van der Waals surface area contributed by atoms with Gasteiger partial charge in [0.15, 0.2) is 5.82 Å². The van der Waals surface area contributed by atoms with Gasteiger partial charge in [-0.05, 0) is 49.4 Å². The summed E-state index contributed by atoms with van der Waals surface area (Å²) in [6.45, 7) is 2.58. The van der Waals surface area contributed by atoms with Crippen molar-refractivity contribution in [3.05, 3.63) is 42.2 Å². The number of rotatable bonds is 7. The number of hydrogen-bond donors (Lipinski definition) is 1. The van der Waals surface area contributed by atoms with Gasteiger partial charge in [0.25, 0.3) is 5.92 Å². The first-order valence-electron chi connectivity index (χ1n) is 10.2.